The van der Waals surface area contributed by atoms with Gasteiger partial charge in [-0.15, -0.1) is 0 Å². The fourth-order valence-corrected chi connectivity index (χ4v) is 2.73. The number of hydrogen-bond acceptors (Lipinski definition) is 2. The van der Waals surface area contributed by atoms with Crippen LogP contribution < -0.4 is 4.74 Å². The van der Waals surface area contributed by atoms with Crippen LogP contribution in [0.1, 0.15) is 51.9 Å². The van der Waals surface area contributed by atoms with Crippen LogP contribution in [-0.2, 0) is 4.79 Å². The van der Waals surface area contributed by atoms with Crippen molar-refractivity contribution in [3.63, 3.8) is 0 Å². The number of unbranched alkanes of at least 4 members (excludes halogenated alkanes) is 5. The van der Waals surface area contributed by atoms with Gasteiger partial charge in [-0.25, -0.2) is 0 Å². The molecule has 0 saturated carbocycles. The summed E-state index contributed by atoms with van der Waals surface area (Å²) in [7, 11) is 0. The van der Waals surface area contributed by atoms with Crippen molar-refractivity contribution in [2.45, 2.75) is 51.9 Å². The highest BCUT2D eigenvalue weighted by Gasteiger charge is 2.12. The monoisotopic (exact) mass is 341 g/mol. The fourth-order valence-electron chi connectivity index (χ4n) is 2.40. The molecular weight excluding hydrogens is 321 g/mol. The Morgan fingerprint density at radius 1 is 1.09 bits per heavy atom. The molecule has 0 aliphatic carbocycles. The quantitative estimate of drug-likeness (QED) is 0.463. The maximum Gasteiger partial charge on any atom is 0.311 e. The number of esters is 1. The van der Waals surface area contributed by atoms with E-state index in [1.807, 2.05) is 0 Å². The second-order valence-corrected chi connectivity index (χ2v) is 6.27. The Kier molecular flexibility index (Phi) is 6.59. The van der Waals surface area contributed by atoms with E-state index in [9.17, 15) is 4.79 Å². The van der Waals surface area contributed by atoms with Crippen LogP contribution >= 0.6 is 23.2 Å². The summed E-state index contributed by atoms with van der Waals surface area (Å²) >= 11 is 12.0. The number of aromatic nitrogens is 1. The van der Waals surface area contributed by atoms with Crippen molar-refractivity contribution in [1.82, 2.24) is 4.98 Å². The SMILES string of the molecule is CCCCCCCCC(=O)Oc1c[nH]c2cc(Cl)c(Cl)cc12. The molecule has 120 valence electrons. The van der Waals surface area contributed by atoms with Crippen molar-refractivity contribution in [3.8, 4) is 5.75 Å². The smallest absolute Gasteiger partial charge is 0.311 e. The van der Waals surface area contributed by atoms with Crippen molar-refractivity contribution >= 4 is 40.1 Å². The van der Waals surface area contributed by atoms with Gasteiger partial charge in [-0.3, -0.25) is 4.79 Å². The predicted molar refractivity (Wildman–Crippen MR) is 91.9 cm³/mol. The summed E-state index contributed by atoms with van der Waals surface area (Å²) in [6.45, 7) is 2.19. The molecular formula is C17H21Cl2NO2. The lowest BCUT2D eigenvalue weighted by molar-refractivity contribution is -0.134. The number of nitrogens with one attached hydrogen (secondary N) is 1. The van der Waals surface area contributed by atoms with Gasteiger partial charge in [-0.2, -0.15) is 0 Å². The zero-order chi connectivity index (χ0) is 15.9. The third-order valence-corrected chi connectivity index (χ3v) is 4.37. The summed E-state index contributed by atoms with van der Waals surface area (Å²) in [5.74, 6) is 0.298. The van der Waals surface area contributed by atoms with Gasteiger partial charge < -0.3 is 9.72 Å². The summed E-state index contributed by atoms with van der Waals surface area (Å²) < 4.78 is 5.42. The molecule has 1 N–H and O–H groups in total. The second-order valence-electron chi connectivity index (χ2n) is 5.46. The van der Waals surface area contributed by atoms with Gasteiger partial charge in [-0.05, 0) is 18.6 Å². The first kappa shape index (κ1) is 17.2. The number of H-pyrrole nitrogens is 1. The van der Waals surface area contributed by atoms with E-state index in [1.165, 1.54) is 25.7 Å². The van der Waals surface area contributed by atoms with Gasteiger partial charge in [0.1, 0.15) is 0 Å². The van der Waals surface area contributed by atoms with E-state index in [1.54, 1.807) is 18.3 Å². The molecule has 0 radical (unpaired) electrons. The molecule has 0 spiro atoms. The van der Waals surface area contributed by atoms with Crippen LogP contribution in [0, 0.1) is 0 Å². The van der Waals surface area contributed by atoms with E-state index in [-0.39, 0.29) is 5.97 Å². The van der Waals surface area contributed by atoms with Crippen LogP contribution in [0.2, 0.25) is 10.0 Å². The molecule has 1 heterocycles. The molecule has 0 bridgehead atoms. The molecule has 0 fully saturated rings. The molecule has 0 unspecified atom stereocenters. The Hall–Kier alpha value is -1.19. The van der Waals surface area contributed by atoms with E-state index in [0.29, 0.717) is 22.2 Å². The van der Waals surface area contributed by atoms with Crippen LogP contribution in [0.3, 0.4) is 0 Å². The minimum atomic E-state index is -0.206. The number of carbonyl (C=O) groups is 1. The standard InChI is InChI=1S/C17H21Cl2NO2/c1-2-3-4-5-6-7-8-17(21)22-16-11-20-15-10-14(19)13(18)9-12(15)16/h9-11,20H,2-8H2,1H3. The van der Waals surface area contributed by atoms with E-state index < -0.39 is 0 Å². The third-order valence-electron chi connectivity index (χ3n) is 3.64. The minimum absolute atomic E-state index is 0.206. The summed E-state index contributed by atoms with van der Waals surface area (Å²) in [4.78, 5) is 14.9. The van der Waals surface area contributed by atoms with Gasteiger partial charge in [0.25, 0.3) is 0 Å². The van der Waals surface area contributed by atoms with Crippen LogP contribution in [0.15, 0.2) is 18.3 Å². The molecule has 0 atom stereocenters. The Labute approximate surface area is 140 Å². The highest BCUT2D eigenvalue weighted by Crippen LogP contribution is 2.33. The first-order valence-corrected chi connectivity index (χ1v) is 8.54. The number of aromatic amines is 1. The molecule has 0 aliphatic heterocycles. The average Bonchev–Trinajstić information content (AvgIpc) is 2.85. The molecule has 2 rings (SSSR count). The number of carbonyl (C=O) groups excluding carboxylic acids is 1. The summed E-state index contributed by atoms with van der Waals surface area (Å²) in [5, 5.41) is 1.69. The molecule has 0 saturated heterocycles. The highest BCUT2D eigenvalue weighted by atomic mass is 35.5. The first-order valence-electron chi connectivity index (χ1n) is 7.78. The number of halogens is 2. The molecule has 0 amide bonds. The molecule has 1 aromatic carbocycles. The fraction of sp³-hybridized carbons (Fsp3) is 0.471. The number of fused-ring (bicyclic) bond motifs is 1. The predicted octanol–water partition coefficient (Wildman–Crippen LogP) is 6.13. The van der Waals surface area contributed by atoms with Crippen molar-refractivity contribution in [3.05, 3.63) is 28.4 Å². The largest absolute Gasteiger partial charge is 0.424 e. The van der Waals surface area contributed by atoms with Gasteiger partial charge in [-0.1, -0.05) is 62.2 Å². The van der Waals surface area contributed by atoms with Crippen LogP contribution in [-0.4, -0.2) is 11.0 Å². The van der Waals surface area contributed by atoms with E-state index in [2.05, 4.69) is 11.9 Å². The first-order chi connectivity index (χ1) is 10.6. The van der Waals surface area contributed by atoms with Crippen molar-refractivity contribution in [1.29, 1.82) is 0 Å². The molecule has 22 heavy (non-hydrogen) atoms. The van der Waals surface area contributed by atoms with Gasteiger partial charge >= 0.3 is 5.97 Å². The lowest BCUT2D eigenvalue weighted by atomic mass is 10.1. The minimum Gasteiger partial charge on any atom is -0.424 e. The topological polar surface area (TPSA) is 42.1 Å². The van der Waals surface area contributed by atoms with Crippen molar-refractivity contribution in [2.75, 3.05) is 0 Å². The summed E-state index contributed by atoms with van der Waals surface area (Å²) in [6.07, 6.45) is 8.98. The number of ether oxygens (including phenoxy) is 1. The number of benzene rings is 1. The number of rotatable bonds is 8. The molecule has 2 aromatic rings. The zero-order valence-corrected chi connectivity index (χ0v) is 14.3. The van der Waals surface area contributed by atoms with Crippen molar-refractivity contribution < 1.29 is 9.53 Å². The number of hydrogen-bond donors (Lipinski definition) is 1. The van der Waals surface area contributed by atoms with E-state index >= 15 is 0 Å². The third kappa shape index (κ3) is 4.65. The van der Waals surface area contributed by atoms with Gasteiger partial charge in [0.2, 0.25) is 0 Å². The maximum absolute atomic E-state index is 11.9. The van der Waals surface area contributed by atoms with Gasteiger partial charge in [0, 0.05) is 18.0 Å². The van der Waals surface area contributed by atoms with E-state index in [0.717, 1.165) is 23.7 Å². The Bertz CT molecular complexity index is 637. The zero-order valence-electron chi connectivity index (χ0n) is 12.8. The van der Waals surface area contributed by atoms with Crippen LogP contribution in [0.25, 0.3) is 10.9 Å². The lowest BCUT2D eigenvalue weighted by Crippen LogP contribution is -2.07. The molecule has 5 heteroatoms. The molecule has 0 aliphatic rings. The van der Waals surface area contributed by atoms with Gasteiger partial charge in [0.05, 0.1) is 15.6 Å². The van der Waals surface area contributed by atoms with Crippen molar-refractivity contribution in [2.24, 2.45) is 0 Å². The Morgan fingerprint density at radius 2 is 1.77 bits per heavy atom. The molecule has 3 nitrogen and oxygen atoms in total. The van der Waals surface area contributed by atoms with E-state index in [4.69, 9.17) is 27.9 Å². The van der Waals surface area contributed by atoms with Crippen LogP contribution in [0.4, 0.5) is 0 Å². The Morgan fingerprint density at radius 3 is 2.55 bits per heavy atom. The van der Waals surface area contributed by atoms with Crippen LogP contribution in [0.5, 0.6) is 5.75 Å². The normalized spacial score (nSPS) is 11.0. The maximum atomic E-state index is 11.9. The lowest BCUT2D eigenvalue weighted by Gasteiger charge is -2.04. The summed E-state index contributed by atoms with van der Waals surface area (Å²) in [5.41, 5.74) is 0.803. The highest BCUT2D eigenvalue weighted by molar-refractivity contribution is 6.42. The average molecular weight is 342 g/mol. The second kappa shape index (κ2) is 8.44. The van der Waals surface area contributed by atoms with Gasteiger partial charge in [0.15, 0.2) is 5.75 Å². The summed E-state index contributed by atoms with van der Waals surface area (Å²) in [6, 6.07) is 3.44. The Balaban J connectivity index is 1.85. The molecule has 1 aromatic heterocycles.